The Balaban J connectivity index is 1.57. The molecule has 0 saturated heterocycles. The number of hydrogen-bond donors (Lipinski definition) is 0. The highest BCUT2D eigenvalue weighted by Crippen LogP contribution is 2.39. The van der Waals surface area contributed by atoms with Crippen molar-refractivity contribution < 1.29 is 9.53 Å². The zero-order chi connectivity index (χ0) is 17.2. The van der Waals surface area contributed by atoms with Crippen molar-refractivity contribution in [2.45, 2.75) is 36.5 Å². The highest BCUT2D eigenvalue weighted by Gasteiger charge is 2.20. The van der Waals surface area contributed by atoms with Crippen molar-refractivity contribution in [3.8, 4) is 0 Å². The summed E-state index contributed by atoms with van der Waals surface area (Å²) in [6.45, 7) is 0. The van der Waals surface area contributed by atoms with E-state index in [-0.39, 0.29) is 5.97 Å². The van der Waals surface area contributed by atoms with Gasteiger partial charge in [-0.1, -0.05) is 12.1 Å². The van der Waals surface area contributed by atoms with E-state index in [0.717, 1.165) is 27.6 Å². The van der Waals surface area contributed by atoms with Crippen LogP contribution < -0.4 is 0 Å². The summed E-state index contributed by atoms with van der Waals surface area (Å²) in [6, 6.07) is 7.56. The van der Waals surface area contributed by atoms with Crippen LogP contribution in [0.4, 0.5) is 0 Å². The number of aryl methyl sites for hydroxylation is 2. The molecule has 3 aromatic rings. The molecular weight excluding hydrogens is 352 g/mol. The Morgan fingerprint density at radius 1 is 1.20 bits per heavy atom. The summed E-state index contributed by atoms with van der Waals surface area (Å²) in [6.07, 6.45) is 6.53. The van der Waals surface area contributed by atoms with E-state index < -0.39 is 0 Å². The van der Waals surface area contributed by atoms with Gasteiger partial charge in [-0.25, -0.2) is 14.8 Å². The number of fused-ring (bicyclic) bond motifs is 3. The summed E-state index contributed by atoms with van der Waals surface area (Å²) in [5.74, 6) is 0.514. The summed E-state index contributed by atoms with van der Waals surface area (Å²) in [4.78, 5) is 23.2. The molecular formula is C19H18N2O2S2. The smallest absolute Gasteiger partial charge is 0.337 e. The maximum absolute atomic E-state index is 11.5. The fraction of sp³-hybridized carbons (Fsp3) is 0.316. The molecule has 25 heavy (non-hydrogen) atoms. The lowest BCUT2D eigenvalue weighted by molar-refractivity contribution is 0.0600. The first kappa shape index (κ1) is 16.5. The van der Waals surface area contributed by atoms with Crippen molar-refractivity contribution in [1.29, 1.82) is 0 Å². The molecule has 6 heteroatoms. The van der Waals surface area contributed by atoms with Crippen LogP contribution in [0.25, 0.3) is 10.2 Å². The normalized spacial score (nSPS) is 13.6. The van der Waals surface area contributed by atoms with E-state index in [2.05, 4.69) is 9.97 Å². The highest BCUT2D eigenvalue weighted by molar-refractivity contribution is 7.98. The summed E-state index contributed by atoms with van der Waals surface area (Å²) in [5, 5.41) is 2.33. The topological polar surface area (TPSA) is 52.1 Å². The monoisotopic (exact) mass is 370 g/mol. The fourth-order valence-corrected chi connectivity index (χ4v) is 5.45. The molecule has 2 heterocycles. The van der Waals surface area contributed by atoms with E-state index >= 15 is 0 Å². The molecule has 128 valence electrons. The van der Waals surface area contributed by atoms with Gasteiger partial charge in [0.25, 0.3) is 0 Å². The highest BCUT2D eigenvalue weighted by atomic mass is 32.2. The van der Waals surface area contributed by atoms with Crippen LogP contribution >= 0.6 is 23.1 Å². The third-order valence-corrected chi connectivity index (χ3v) is 6.73. The molecule has 0 unspecified atom stereocenters. The number of carbonyl (C=O) groups is 1. The van der Waals surface area contributed by atoms with E-state index in [1.807, 2.05) is 35.6 Å². The first-order chi connectivity index (χ1) is 12.3. The maximum atomic E-state index is 11.5. The standard InChI is InChI=1S/C19H18N2O2S2/c1-23-19(22)13-8-6-12(7-9-13)10-24-17-16-14-4-2-3-5-15(14)25-18(16)21-11-20-17/h6-9,11H,2-5,10H2,1H3. The zero-order valence-electron chi connectivity index (χ0n) is 13.9. The number of thioether (sulfide) groups is 1. The van der Waals surface area contributed by atoms with Gasteiger partial charge in [0.1, 0.15) is 16.2 Å². The Labute approximate surface area is 154 Å². The number of carbonyl (C=O) groups excluding carboxylic acids is 1. The average Bonchev–Trinajstić information content (AvgIpc) is 3.05. The van der Waals surface area contributed by atoms with Gasteiger partial charge in [-0.05, 0) is 48.9 Å². The minimum Gasteiger partial charge on any atom is -0.465 e. The predicted molar refractivity (Wildman–Crippen MR) is 101 cm³/mol. The number of rotatable bonds is 4. The Morgan fingerprint density at radius 2 is 2.00 bits per heavy atom. The van der Waals surface area contributed by atoms with Gasteiger partial charge in [-0.2, -0.15) is 0 Å². The quantitative estimate of drug-likeness (QED) is 0.380. The second kappa shape index (κ2) is 7.14. The molecule has 4 nitrogen and oxygen atoms in total. The number of methoxy groups -OCH3 is 1. The molecule has 0 fully saturated rings. The van der Waals surface area contributed by atoms with Crippen LogP contribution in [0, 0.1) is 0 Å². The number of benzene rings is 1. The summed E-state index contributed by atoms with van der Waals surface area (Å²) < 4.78 is 4.74. The SMILES string of the molecule is COC(=O)c1ccc(CSc2ncnc3sc4c(c23)CCCC4)cc1. The lowest BCUT2D eigenvalue weighted by atomic mass is 9.97. The maximum Gasteiger partial charge on any atom is 0.337 e. The molecule has 0 saturated carbocycles. The van der Waals surface area contributed by atoms with Gasteiger partial charge in [0.2, 0.25) is 0 Å². The molecule has 0 spiro atoms. The first-order valence-corrected chi connectivity index (χ1v) is 10.1. The number of esters is 1. The van der Waals surface area contributed by atoms with Crippen LogP contribution in [0.5, 0.6) is 0 Å². The van der Waals surface area contributed by atoms with Crippen molar-refractivity contribution in [3.05, 3.63) is 52.2 Å². The van der Waals surface area contributed by atoms with Crippen LogP contribution in [-0.2, 0) is 23.3 Å². The molecule has 2 aromatic heterocycles. The summed E-state index contributed by atoms with van der Waals surface area (Å²) in [7, 11) is 1.40. The van der Waals surface area contributed by atoms with E-state index in [1.165, 1.54) is 42.2 Å². The molecule has 0 atom stereocenters. The molecule has 0 N–H and O–H groups in total. The molecule has 1 aliphatic carbocycles. The third-order valence-electron chi connectivity index (χ3n) is 4.47. The van der Waals surface area contributed by atoms with Crippen LogP contribution in [0.3, 0.4) is 0 Å². The van der Waals surface area contributed by atoms with Crippen molar-refractivity contribution in [3.63, 3.8) is 0 Å². The molecule has 0 amide bonds. The van der Waals surface area contributed by atoms with Crippen LogP contribution in [0.2, 0.25) is 0 Å². The molecule has 1 aromatic carbocycles. The van der Waals surface area contributed by atoms with Gasteiger partial charge in [0, 0.05) is 16.0 Å². The average molecular weight is 370 g/mol. The van der Waals surface area contributed by atoms with E-state index in [4.69, 9.17) is 4.74 Å². The number of ether oxygens (including phenoxy) is 1. The van der Waals surface area contributed by atoms with Gasteiger partial charge in [-0.15, -0.1) is 23.1 Å². The van der Waals surface area contributed by atoms with Gasteiger partial charge in [0.15, 0.2) is 0 Å². The van der Waals surface area contributed by atoms with E-state index in [0.29, 0.717) is 5.56 Å². The number of thiophene rings is 1. The van der Waals surface area contributed by atoms with Crippen molar-refractivity contribution in [2.75, 3.05) is 7.11 Å². The summed E-state index contributed by atoms with van der Waals surface area (Å²) >= 11 is 3.57. The molecule has 0 bridgehead atoms. The summed E-state index contributed by atoms with van der Waals surface area (Å²) in [5.41, 5.74) is 3.21. The Morgan fingerprint density at radius 3 is 2.80 bits per heavy atom. The molecule has 1 aliphatic rings. The molecule has 0 aliphatic heterocycles. The Bertz CT molecular complexity index is 919. The van der Waals surface area contributed by atoms with Crippen LogP contribution in [0.1, 0.15) is 39.2 Å². The van der Waals surface area contributed by atoms with Crippen molar-refractivity contribution >= 4 is 39.3 Å². The van der Waals surface area contributed by atoms with Gasteiger partial charge in [-0.3, -0.25) is 0 Å². The third kappa shape index (κ3) is 3.28. The Kier molecular flexibility index (Phi) is 4.72. The van der Waals surface area contributed by atoms with Crippen molar-refractivity contribution in [2.24, 2.45) is 0 Å². The minimum absolute atomic E-state index is 0.304. The molecule has 0 radical (unpaired) electrons. The van der Waals surface area contributed by atoms with E-state index in [1.54, 1.807) is 18.1 Å². The predicted octanol–water partition coefficient (Wildman–Crippen LogP) is 4.65. The van der Waals surface area contributed by atoms with E-state index in [9.17, 15) is 4.79 Å². The van der Waals surface area contributed by atoms with Gasteiger partial charge < -0.3 is 4.74 Å². The lowest BCUT2D eigenvalue weighted by Gasteiger charge is -2.11. The van der Waals surface area contributed by atoms with Crippen LogP contribution in [-0.4, -0.2) is 23.0 Å². The second-order valence-electron chi connectivity index (χ2n) is 6.05. The molecule has 4 rings (SSSR count). The second-order valence-corrected chi connectivity index (χ2v) is 8.09. The minimum atomic E-state index is -0.304. The number of aromatic nitrogens is 2. The lowest BCUT2D eigenvalue weighted by Crippen LogP contribution is -2.00. The largest absolute Gasteiger partial charge is 0.465 e. The van der Waals surface area contributed by atoms with Gasteiger partial charge >= 0.3 is 5.97 Å². The number of hydrogen-bond acceptors (Lipinski definition) is 6. The fourth-order valence-electron chi connectivity index (χ4n) is 3.18. The first-order valence-electron chi connectivity index (χ1n) is 8.31. The number of nitrogens with zero attached hydrogens (tertiary/aromatic N) is 2. The van der Waals surface area contributed by atoms with Crippen molar-refractivity contribution in [1.82, 2.24) is 9.97 Å². The van der Waals surface area contributed by atoms with Gasteiger partial charge in [0.05, 0.1) is 12.7 Å². The Hall–Kier alpha value is -1.92. The zero-order valence-corrected chi connectivity index (χ0v) is 15.6. The van der Waals surface area contributed by atoms with Crippen LogP contribution in [0.15, 0.2) is 35.6 Å².